The summed E-state index contributed by atoms with van der Waals surface area (Å²) in [4.78, 5) is 26.3. The zero-order chi connectivity index (χ0) is 18.0. The Kier molecular flexibility index (Phi) is 4.56. The molecule has 3 rings (SSSR count). The number of nitrogens with one attached hydrogen (secondary N) is 1. The number of rotatable bonds is 3. The van der Waals surface area contributed by atoms with E-state index in [2.05, 4.69) is 10.4 Å². The Hall–Kier alpha value is -3.09. The van der Waals surface area contributed by atoms with E-state index in [9.17, 15) is 9.59 Å². The van der Waals surface area contributed by atoms with Gasteiger partial charge >= 0.3 is 6.03 Å². The number of para-hydroxylation sites is 2. The summed E-state index contributed by atoms with van der Waals surface area (Å²) in [6.07, 6.45) is 4.13. The molecule has 25 heavy (non-hydrogen) atoms. The van der Waals surface area contributed by atoms with Gasteiger partial charge in [-0.2, -0.15) is 5.10 Å². The fourth-order valence-electron chi connectivity index (χ4n) is 2.58. The van der Waals surface area contributed by atoms with Gasteiger partial charge in [-0.25, -0.2) is 4.79 Å². The van der Waals surface area contributed by atoms with Crippen LogP contribution in [0, 0.1) is 0 Å². The topological polar surface area (TPSA) is 74.2 Å². The minimum Gasteiger partial charge on any atom is -0.439 e. The monoisotopic (exact) mass is 340 g/mol. The van der Waals surface area contributed by atoms with E-state index in [1.54, 1.807) is 19.1 Å². The molecule has 7 heteroatoms. The number of nitrogens with zero attached hydrogens (tertiary/aromatic N) is 3. The molecule has 0 atom stereocenters. The average molecular weight is 340 g/mol. The Labute approximate surface area is 146 Å². The number of urea groups is 1. The summed E-state index contributed by atoms with van der Waals surface area (Å²) in [6.45, 7) is 4.13. The predicted molar refractivity (Wildman–Crippen MR) is 95.3 cm³/mol. The molecule has 0 saturated heterocycles. The highest BCUT2D eigenvalue weighted by atomic mass is 16.5. The number of fused-ring (bicyclic) bond motifs is 1. The van der Waals surface area contributed by atoms with Crippen LogP contribution in [0.15, 0.2) is 53.0 Å². The highest BCUT2D eigenvalue weighted by Gasteiger charge is 2.32. The van der Waals surface area contributed by atoms with Gasteiger partial charge in [-0.1, -0.05) is 19.1 Å². The minimum atomic E-state index is -0.510. The number of hydrogen-bond acceptors (Lipinski definition) is 5. The summed E-state index contributed by atoms with van der Waals surface area (Å²) in [5.74, 6) is 0.919. The van der Waals surface area contributed by atoms with Crippen LogP contribution < -0.4 is 15.0 Å². The molecule has 0 saturated carbocycles. The standard InChI is InChI=1S/C18H20N4O3/c1-4-11-19-18(24)22-17(23)13(12(2)20-22)9-10-16-21(3)14-7-5-6-8-15(14)25-16/h5-10H,4,11H2,1-3H3,(H,19,24)/b13-9+,16-10+. The molecular formula is C18H20N4O3. The lowest BCUT2D eigenvalue weighted by molar-refractivity contribution is -0.123. The van der Waals surface area contributed by atoms with E-state index in [-0.39, 0.29) is 0 Å². The third kappa shape index (κ3) is 3.13. The van der Waals surface area contributed by atoms with Crippen molar-refractivity contribution in [3.8, 4) is 5.75 Å². The summed E-state index contributed by atoms with van der Waals surface area (Å²) in [5.41, 5.74) is 1.81. The van der Waals surface area contributed by atoms with Gasteiger partial charge in [-0.05, 0) is 37.6 Å². The van der Waals surface area contributed by atoms with Crippen molar-refractivity contribution in [3.05, 3.63) is 47.9 Å². The number of allylic oxidation sites excluding steroid dienone is 2. The van der Waals surface area contributed by atoms with Crippen LogP contribution in [0.1, 0.15) is 20.3 Å². The normalized spacial score (nSPS) is 19.3. The first-order valence-electron chi connectivity index (χ1n) is 8.13. The van der Waals surface area contributed by atoms with Crippen LogP contribution in [0.25, 0.3) is 0 Å². The van der Waals surface area contributed by atoms with Crippen LogP contribution in [0.2, 0.25) is 0 Å². The molecular weight excluding hydrogens is 320 g/mol. The van der Waals surface area contributed by atoms with Crippen molar-refractivity contribution in [2.45, 2.75) is 20.3 Å². The fourth-order valence-corrected chi connectivity index (χ4v) is 2.58. The lowest BCUT2D eigenvalue weighted by atomic mass is 10.1. The minimum absolute atomic E-state index is 0.368. The number of benzene rings is 1. The molecule has 1 aromatic carbocycles. The molecule has 0 spiro atoms. The van der Waals surface area contributed by atoms with Crippen molar-refractivity contribution in [2.75, 3.05) is 18.5 Å². The van der Waals surface area contributed by atoms with E-state index in [1.165, 1.54) is 0 Å². The SMILES string of the molecule is CCCNC(=O)N1N=C(C)/C(=C\C=C2\Oc3ccccc3N2C)C1=O. The van der Waals surface area contributed by atoms with E-state index in [0.29, 0.717) is 23.7 Å². The van der Waals surface area contributed by atoms with E-state index >= 15 is 0 Å². The molecule has 0 unspecified atom stereocenters. The van der Waals surface area contributed by atoms with E-state index in [1.807, 2.05) is 43.1 Å². The van der Waals surface area contributed by atoms with Crippen molar-refractivity contribution in [1.29, 1.82) is 0 Å². The number of ether oxygens (including phenoxy) is 1. The maximum absolute atomic E-state index is 12.4. The van der Waals surface area contributed by atoms with Gasteiger partial charge in [0, 0.05) is 13.6 Å². The number of carbonyl (C=O) groups excluding carboxylic acids is 2. The average Bonchev–Trinajstić information content (AvgIpc) is 3.08. The maximum Gasteiger partial charge on any atom is 0.345 e. The van der Waals surface area contributed by atoms with Gasteiger partial charge in [0.2, 0.25) is 0 Å². The number of amides is 3. The number of hydrogen-bond donors (Lipinski definition) is 1. The maximum atomic E-state index is 12.4. The second kappa shape index (κ2) is 6.80. The summed E-state index contributed by atoms with van der Waals surface area (Å²) >= 11 is 0. The highest BCUT2D eigenvalue weighted by Crippen LogP contribution is 2.37. The summed E-state index contributed by atoms with van der Waals surface area (Å²) in [5, 5.41) is 7.55. The lowest BCUT2D eigenvalue weighted by Crippen LogP contribution is -2.38. The van der Waals surface area contributed by atoms with Crippen molar-refractivity contribution < 1.29 is 14.3 Å². The molecule has 2 aliphatic heterocycles. The number of carbonyl (C=O) groups is 2. The van der Waals surface area contributed by atoms with Gasteiger partial charge in [0.25, 0.3) is 5.91 Å². The molecule has 1 aromatic rings. The van der Waals surface area contributed by atoms with Crippen molar-refractivity contribution >= 4 is 23.3 Å². The lowest BCUT2D eigenvalue weighted by Gasteiger charge is -2.11. The van der Waals surface area contributed by atoms with Crippen LogP contribution in [0.4, 0.5) is 10.5 Å². The van der Waals surface area contributed by atoms with Crippen LogP contribution >= 0.6 is 0 Å². The van der Waals surface area contributed by atoms with E-state index < -0.39 is 11.9 Å². The Balaban J connectivity index is 1.78. The molecule has 0 aliphatic carbocycles. The first-order chi connectivity index (χ1) is 12.0. The smallest absolute Gasteiger partial charge is 0.345 e. The Morgan fingerprint density at radius 1 is 1.32 bits per heavy atom. The molecule has 130 valence electrons. The first kappa shape index (κ1) is 16.8. The molecule has 0 aromatic heterocycles. The van der Waals surface area contributed by atoms with Gasteiger partial charge in [0.05, 0.1) is 17.0 Å². The largest absolute Gasteiger partial charge is 0.439 e. The van der Waals surface area contributed by atoms with Crippen molar-refractivity contribution in [1.82, 2.24) is 10.3 Å². The summed E-state index contributed by atoms with van der Waals surface area (Å²) in [6, 6.07) is 7.16. The molecule has 0 radical (unpaired) electrons. The second-order valence-electron chi connectivity index (χ2n) is 5.75. The van der Waals surface area contributed by atoms with Crippen LogP contribution in [-0.2, 0) is 4.79 Å². The van der Waals surface area contributed by atoms with Gasteiger partial charge in [-0.3, -0.25) is 4.79 Å². The Bertz CT molecular complexity index is 810. The molecule has 1 N–H and O–H groups in total. The molecule has 2 aliphatic rings. The zero-order valence-corrected chi connectivity index (χ0v) is 14.4. The van der Waals surface area contributed by atoms with Crippen molar-refractivity contribution in [2.24, 2.45) is 5.10 Å². The molecule has 2 heterocycles. The van der Waals surface area contributed by atoms with Crippen LogP contribution in [0.3, 0.4) is 0 Å². The fraction of sp³-hybridized carbons (Fsp3) is 0.278. The van der Waals surface area contributed by atoms with Crippen LogP contribution in [0.5, 0.6) is 5.75 Å². The number of anilines is 1. The van der Waals surface area contributed by atoms with E-state index in [4.69, 9.17) is 4.74 Å². The molecule has 3 amide bonds. The molecule has 0 bridgehead atoms. The van der Waals surface area contributed by atoms with E-state index in [0.717, 1.165) is 22.9 Å². The predicted octanol–water partition coefficient (Wildman–Crippen LogP) is 2.62. The third-order valence-electron chi connectivity index (χ3n) is 3.95. The summed E-state index contributed by atoms with van der Waals surface area (Å²) in [7, 11) is 1.89. The number of hydrazone groups is 1. The highest BCUT2D eigenvalue weighted by molar-refractivity contribution is 6.27. The third-order valence-corrected chi connectivity index (χ3v) is 3.95. The molecule has 7 nitrogen and oxygen atoms in total. The van der Waals surface area contributed by atoms with Gasteiger partial charge in [0.1, 0.15) is 0 Å². The summed E-state index contributed by atoms with van der Waals surface area (Å²) < 4.78 is 5.78. The number of imide groups is 1. The van der Waals surface area contributed by atoms with Crippen LogP contribution in [-0.4, -0.2) is 36.3 Å². The van der Waals surface area contributed by atoms with Gasteiger partial charge in [0.15, 0.2) is 11.6 Å². The Morgan fingerprint density at radius 2 is 2.08 bits per heavy atom. The van der Waals surface area contributed by atoms with Gasteiger partial charge < -0.3 is 15.0 Å². The van der Waals surface area contributed by atoms with Gasteiger partial charge in [-0.15, -0.1) is 5.01 Å². The second-order valence-corrected chi connectivity index (χ2v) is 5.75. The zero-order valence-electron chi connectivity index (χ0n) is 14.4. The van der Waals surface area contributed by atoms with Crippen molar-refractivity contribution in [3.63, 3.8) is 0 Å². The Morgan fingerprint density at radius 3 is 2.80 bits per heavy atom. The quantitative estimate of drug-likeness (QED) is 0.859. The molecule has 0 fully saturated rings. The first-order valence-corrected chi connectivity index (χ1v) is 8.13.